The van der Waals surface area contributed by atoms with Gasteiger partial charge in [-0.05, 0) is 24.1 Å². The van der Waals surface area contributed by atoms with E-state index in [4.69, 9.17) is 0 Å². The van der Waals surface area contributed by atoms with Crippen molar-refractivity contribution < 1.29 is 23.9 Å². The third-order valence-electron chi connectivity index (χ3n) is 3.48. The van der Waals surface area contributed by atoms with E-state index in [1.54, 1.807) is 6.07 Å². The summed E-state index contributed by atoms with van der Waals surface area (Å²) >= 11 is 0. The molecule has 0 saturated heterocycles. The van der Waals surface area contributed by atoms with E-state index < -0.39 is 35.7 Å². The summed E-state index contributed by atoms with van der Waals surface area (Å²) in [5, 5.41) is 14.1. The van der Waals surface area contributed by atoms with E-state index >= 15 is 0 Å². The van der Waals surface area contributed by atoms with Gasteiger partial charge in [0.2, 0.25) is 11.8 Å². The topological polar surface area (TPSA) is 95.5 Å². The third-order valence-corrected chi connectivity index (χ3v) is 3.48. The van der Waals surface area contributed by atoms with Gasteiger partial charge in [-0.1, -0.05) is 31.9 Å². The second-order valence-corrected chi connectivity index (χ2v) is 5.63. The fourth-order valence-corrected chi connectivity index (χ4v) is 2.29. The molecule has 0 spiro atoms. The first-order valence-electron chi connectivity index (χ1n) is 7.88. The molecule has 24 heavy (non-hydrogen) atoms. The van der Waals surface area contributed by atoms with Crippen molar-refractivity contribution in [1.29, 1.82) is 0 Å². The number of hydrogen-bond acceptors (Lipinski definition) is 3. The normalized spacial score (nSPS) is 13.0. The minimum absolute atomic E-state index is 0.0727. The lowest BCUT2D eigenvalue weighted by Gasteiger charge is -2.21. The number of carboxylic acid groups (broad SMARTS) is 1. The molecular weight excluding hydrogens is 315 g/mol. The van der Waals surface area contributed by atoms with Gasteiger partial charge in [0, 0.05) is 13.3 Å². The first-order valence-corrected chi connectivity index (χ1v) is 7.88. The SMILES string of the molecule is CCCC[C@@H](NC(=O)[C@@H](Cc1cccc(F)c1)NC(C)=O)C(=O)O. The molecule has 0 aliphatic heterocycles. The Morgan fingerprint density at radius 2 is 1.92 bits per heavy atom. The van der Waals surface area contributed by atoms with Crippen molar-refractivity contribution in [2.24, 2.45) is 0 Å². The Morgan fingerprint density at radius 1 is 1.21 bits per heavy atom. The summed E-state index contributed by atoms with van der Waals surface area (Å²) in [6.45, 7) is 3.18. The average Bonchev–Trinajstić information content (AvgIpc) is 2.49. The Labute approximate surface area is 140 Å². The zero-order chi connectivity index (χ0) is 18.1. The molecule has 0 radical (unpaired) electrons. The predicted molar refractivity (Wildman–Crippen MR) is 86.8 cm³/mol. The van der Waals surface area contributed by atoms with E-state index in [2.05, 4.69) is 10.6 Å². The van der Waals surface area contributed by atoms with Crippen LogP contribution in [0.2, 0.25) is 0 Å². The zero-order valence-electron chi connectivity index (χ0n) is 13.8. The van der Waals surface area contributed by atoms with Crippen molar-refractivity contribution in [3.63, 3.8) is 0 Å². The van der Waals surface area contributed by atoms with Gasteiger partial charge in [0.25, 0.3) is 0 Å². The smallest absolute Gasteiger partial charge is 0.326 e. The molecule has 7 heteroatoms. The number of halogens is 1. The molecule has 0 saturated carbocycles. The van der Waals surface area contributed by atoms with Crippen LogP contribution in [0.15, 0.2) is 24.3 Å². The van der Waals surface area contributed by atoms with Crippen LogP contribution in [0, 0.1) is 5.82 Å². The fraction of sp³-hybridized carbons (Fsp3) is 0.471. The Hall–Kier alpha value is -2.44. The molecule has 0 aliphatic carbocycles. The molecule has 0 fully saturated rings. The summed E-state index contributed by atoms with van der Waals surface area (Å²) in [6.07, 6.45) is 1.84. The molecule has 2 atom stereocenters. The van der Waals surface area contributed by atoms with Crippen molar-refractivity contribution >= 4 is 17.8 Å². The first kappa shape index (κ1) is 19.6. The van der Waals surface area contributed by atoms with Crippen LogP contribution in [0.25, 0.3) is 0 Å². The summed E-state index contributed by atoms with van der Waals surface area (Å²) in [4.78, 5) is 34.9. The van der Waals surface area contributed by atoms with E-state index in [9.17, 15) is 23.9 Å². The first-order chi connectivity index (χ1) is 11.3. The van der Waals surface area contributed by atoms with Gasteiger partial charge in [0.05, 0.1) is 0 Å². The van der Waals surface area contributed by atoms with E-state index in [1.807, 2.05) is 6.92 Å². The number of carbonyl (C=O) groups excluding carboxylic acids is 2. The second-order valence-electron chi connectivity index (χ2n) is 5.63. The molecule has 132 valence electrons. The highest BCUT2D eigenvalue weighted by molar-refractivity contribution is 5.90. The predicted octanol–water partition coefficient (Wildman–Crippen LogP) is 1.63. The number of rotatable bonds is 9. The second kappa shape index (κ2) is 9.64. The molecule has 0 bridgehead atoms. The average molecular weight is 338 g/mol. The number of hydrogen-bond donors (Lipinski definition) is 3. The number of unbranched alkanes of at least 4 members (excludes halogenated alkanes) is 1. The van der Waals surface area contributed by atoms with Gasteiger partial charge in [-0.25, -0.2) is 9.18 Å². The fourth-order valence-electron chi connectivity index (χ4n) is 2.29. The van der Waals surface area contributed by atoms with Crippen molar-refractivity contribution in [3.8, 4) is 0 Å². The minimum atomic E-state index is -1.12. The quantitative estimate of drug-likeness (QED) is 0.638. The lowest BCUT2D eigenvalue weighted by Crippen LogP contribution is -2.52. The maximum absolute atomic E-state index is 13.3. The lowest BCUT2D eigenvalue weighted by atomic mass is 10.0. The molecule has 2 amide bonds. The molecule has 0 unspecified atom stereocenters. The summed E-state index contributed by atoms with van der Waals surface area (Å²) in [5.74, 6) is -2.59. The number of nitrogens with one attached hydrogen (secondary N) is 2. The number of aliphatic carboxylic acids is 1. The van der Waals surface area contributed by atoms with E-state index in [1.165, 1.54) is 25.1 Å². The van der Waals surface area contributed by atoms with Crippen LogP contribution < -0.4 is 10.6 Å². The number of amides is 2. The summed E-state index contributed by atoms with van der Waals surface area (Å²) in [6, 6.07) is 3.72. The number of benzene rings is 1. The number of carboxylic acids is 1. The van der Waals surface area contributed by atoms with Gasteiger partial charge in [-0.2, -0.15) is 0 Å². The molecule has 0 aromatic heterocycles. The van der Waals surface area contributed by atoms with Gasteiger partial charge >= 0.3 is 5.97 Å². The monoisotopic (exact) mass is 338 g/mol. The highest BCUT2D eigenvalue weighted by Gasteiger charge is 2.25. The van der Waals surface area contributed by atoms with Crippen molar-refractivity contribution in [2.75, 3.05) is 0 Å². The number of carbonyl (C=O) groups is 3. The van der Waals surface area contributed by atoms with E-state index in [0.29, 0.717) is 18.4 Å². The van der Waals surface area contributed by atoms with Crippen molar-refractivity contribution in [2.45, 2.75) is 51.6 Å². The summed E-state index contributed by atoms with van der Waals surface area (Å²) < 4.78 is 13.3. The van der Waals surface area contributed by atoms with Crippen LogP contribution in [-0.4, -0.2) is 35.0 Å². The molecule has 0 aliphatic rings. The Morgan fingerprint density at radius 3 is 2.46 bits per heavy atom. The summed E-state index contributed by atoms with van der Waals surface area (Å²) in [7, 11) is 0. The molecule has 3 N–H and O–H groups in total. The molecule has 1 rings (SSSR count). The molecule has 0 heterocycles. The maximum Gasteiger partial charge on any atom is 0.326 e. The standard InChI is InChI=1S/C17H23FN2O4/c1-3-4-8-14(17(23)24)20-16(22)15(19-11(2)21)10-12-6-5-7-13(18)9-12/h5-7,9,14-15H,3-4,8,10H2,1-2H3,(H,19,21)(H,20,22)(H,23,24)/t14-,15-/m1/s1. The largest absolute Gasteiger partial charge is 0.480 e. The van der Waals surface area contributed by atoms with Crippen LogP contribution in [-0.2, 0) is 20.8 Å². The van der Waals surface area contributed by atoms with E-state index in [-0.39, 0.29) is 6.42 Å². The van der Waals surface area contributed by atoms with Crippen molar-refractivity contribution in [3.05, 3.63) is 35.6 Å². The van der Waals surface area contributed by atoms with Crippen LogP contribution in [0.4, 0.5) is 4.39 Å². The zero-order valence-corrected chi connectivity index (χ0v) is 13.8. The van der Waals surface area contributed by atoms with Gasteiger partial charge in [-0.15, -0.1) is 0 Å². The van der Waals surface area contributed by atoms with Crippen LogP contribution >= 0.6 is 0 Å². The highest BCUT2D eigenvalue weighted by Crippen LogP contribution is 2.08. The summed E-state index contributed by atoms with van der Waals surface area (Å²) in [5.41, 5.74) is 0.532. The van der Waals surface area contributed by atoms with Gasteiger partial charge in [-0.3, -0.25) is 9.59 Å². The third kappa shape index (κ3) is 6.76. The minimum Gasteiger partial charge on any atom is -0.480 e. The Balaban J connectivity index is 2.83. The van der Waals surface area contributed by atoms with Crippen LogP contribution in [0.1, 0.15) is 38.7 Å². The maximum atomic E-state index is 13.3. The lowest BCUT2D eigenvalue weighted by molar-refractivity contribution is -0.142. The van der Waals surface area contributed by atoms with Gasteiger partial charge < -0.3 is 15.7 Å². The Bertz CT molecular complexity index is 592. The molecule has 1 aromatic carbocycles. The molecular formula is C17H23FN2O4. The molecule has 6 nitrogen and oxygen atoms in total. The van der Waals surface area contributed by atoms with Gasteiger partial charge in [0.1, 0.15) is 17.9 Å². The highest BCUT2D eigenvalue weighted by atomic mass is 19.1. The van der Waals surface area contributed by atoms with Gasteiger partial charge in [0.15, 0.2) is 0 Å². The van der Waals surface area contributed by atoms with Crippen molar-refractivity contribution in [1.82, 2.24) is 10.6 Å². The Kier molecular flexibility index (Phi) is 7.88. The van der Waals surface area contributed by atoms with Crippen LogP contribution in [0.3, 0.4) is 0 Å². The van der Waals surface area contributed by atoms with Crippen LogP contribution in [0.5, 0.6) is 0 Å². The molecule has 1 aromatic rings. The van der Waals surface area contributed by atoms with E-state index in [0.717, 1.165) is 6.42 Å².